The Kier molecular flexibility index (Phi) is 5.54. The number of carbonyl (C=O) groups is 1. The van der Waals surface area contributed by atoms with Crippen molar-refractivity contribution in [2.24, 2.45) is 0 Å². The number of carbonyl (C=O) groups excluding carboxylic acids is 1. The van der Waals surface area contributed by atoms with Crippen LogP contribution < -0.4 is 11.0 Å². The molecule has 0 radical (unpaired) electrons. The lowest BCUT2D eigenvalue weighted by Gasteiger charge is -2.28. The number of H-pyrrole nitrogens is 2. The lowest BCUT2D eigenvalue weighted by molar-refractivity contribution is -0.120. The van der Waals surface area contributed by atoms with Crippen molar-refractivity contribution in [3.63, 3.8) is 0 Å². The van der Waals surface area contributed by atoms with Crippen molar-refractivity contribution in [1.82, 2.24) is 25.4 Å². The lowest BCUT2D eigenvalue weighted by atomic mass is 10.2. The summed E-state index contributed by atoms with van der Waals surface area (Å²) in [6.07, 6.45) is 1.66. The number of furan rings is 1. The van der Waals surface area contributed by atoms with Crippen LogP contribution in [0, 0.1) is 0 Å². The number of rotatable bonds is 8. The van der Waals surface area contributed by atoms with E-state index in [-0.39, 0.29) is 18.4 Å². The summed E-state index contributed by atoms with van der Waals surface area (Å²) in [7, 11) is 0. The highest BCUT2D eigenvalue weighted by Gasteiger charge is 2.21. The topological polar surface area (TPSA) is 107 Å². The SMILES string of the molecule is CCN(CC)[C@H](CNC(=O)Cc1n[nH]c(=O)[nH]1)c1ccco1. The van der Waals surface area contributed by atoms with Gasteiger partial charge in [0.05, 0.1) is 18.7 Å². The predicted molar refractivity (Wildman–Crippen MR) is 80.3 cm³/mol. The van der Waals surface area contributed by atoms with Gasteiger partial charge in [0.1, 0.15) is 11.6 Å². The maximum Gasteiger partial charge on any atom is 0.340 e. The average Bonchev–Trinajstić information content (AvgIpc) is 3.15. The van der Waals surface area contributed by atoms with E-state index in [2.05, 4.69) is 39.2 Å². The van der Waals surface area contributed by atoms with Gasteiger partial charge in [0.15, 0.2) is 0 Å². The Morgan fingerprint density at radius 3 is 2.77 bits per heavy atom. The fourth-order valence-corrected chi connectivity index (χ4v) is 2.37. The molecule has 8 heteroatoms. The summed E-state index contributed by atoms with van der Waals surface area (Å²) in [6.45, 7) is 6.27. The Morgan fingerprint density at radius 1 is 1.45 bits per heavy atom. The molecule has 0 bridgehead atoms. The molecule has 2 aromatic rings. The van der Waals surface area contributed by atoms with Crippen LogP contribution in [-0.4, -0.2) is 45.6 Å². The highest BCUT2D eigenvalue weighted by molar-refractivity contribution is 5.77. The van der Waals surface area contributed by atoms with E-state index in [0.717, 1.165) is 18.8 Å². The Balaban J connectivity index is 1.96. The molecule has 0 saturated heterocycles. The van der Waals surface area contributed by atoms with Gasteiger partial charge in [-0.2, -0.15) is 5.10 Å². The Labute approximate surface area is 127 Å². The van der Waals surface area contributed by atoms with E-state index >= 15 is 0 Å². The number of hydrogen-bond acceptors (Lipinski definition) is 5. The first kappa shape index (κ1) is 16.0. The molecule has 2 rings (SSSR count). The maximum absolute atomic E-state index is 12.0. The van der Waals surface area contributed by atoms with E-state index in [9.17, 15) is 9.59 Å². The molecule has 0 unspecified atom stereocenters. The number of amides is 1. The monoisotopic (exact) mass is 307 g/mol. The first-order valence-corrected chi connectivity index (χ1v) is 7.31. The maximum atomic E-state index is 12.0. The van der Waals surface area contributed by atoms with E-state index < -0.39 is 5.69 Å². The first-order chi connectivity index (χ1) is 10.6. The highest BCUT2D eigenvalue weighted by atomic mass is 16.3. The molecule has 0 aliphatic heterocycles. The number of hydrogen-bond donors (Lipinski definition) is 3. The van der Waals surface area contributed by atoms with Crippen LogP contribution in [0.5, 0.6) is 0 Å². The molecule has 0 aliphatic rings. The second kappa shape index (κ2) is 7.60. The average molecular weight is 307 g/mol. The molecule has 120 valence electrons. The molecule has 3 N–H and O–H groups in total. The quantitative estimate of drug-likeness (QED) is 0.656. The van der Waals surface area contributed by atoms with Gasteiger partial charge in [-0.15, -0.1) is 0 Å². The Morgan fingerprint density at radius 2 is 2.23 bits per heavy atom. The van der Waals surface area contributed by atoms with Crippen LogP contribution in [0.2, 0.25) is 0 Å². The van der Waals surface area contributed by atoms with Crippen LogP contribution in [0.1, 0.15) is 31.5 Å². The standard InChI is InChI=1S/C14H21N5O3/c1-3-19(4-2)10(11-6-5-7-22-11)9-15-13(20)8-12-16-14(21)18-17-12/h5-7,10H,3-4,8-9H2,1-2H3,(H,15,20)(H2,16,17,18,21)/t10-/m1/s1. The number of aromatic amines is 2. The van der Waals surface area contributed by atoms with E-state index in [4.69, 9.17) is 4.42 Å². The summed E-state index contributed by atoms with van der Waals surface area (Å²) in [5.74, 6) is 0.934. The van der Waals surface area contributed by atoms with E-state index in [1.807, 2.05) is 12.1 Å². The Bertz CT molecular complexity index is 627. The summed E-state index contributed by atoms with van der Waals surface area (Å²) in [6, 6.07) is 3.72. The van der Waals surface area contributed by atoms with Crippen molar-refractivity contribution in [2.75, 3.05) is 19.6 Å². The predicted octanol–water partition coefficient (Wildman–Crippen LogP) is 0.433. The molecule has 0 spiro atoms. The number of aromatic nitrogens is 3. The summed E-state index contributed by atoms with van der Waals surface area (Å²) >= 11 is 0. The smallest absolute Gasteiger partial charge is 0.340 e. The van der Waals surface area contributed by atoms with Gasteiger partial charge >= 0.3 is 5.69 Å². The van der Waals surface area contributed by atoms with Crippen LogP contribution in [-0.2, 0) is 11.2 Å². The molecule has 1 amide bonds. The van der Waals surface area contributed by atoms with Crippen LogP contribution >= 0.6 is 0 Å². The summed E-state index contributed by atoms with van der Waals surface area (Å²) in [5, 5.41) is 8.81. The molecule has 2 heterocycles. The summed E-state index contributed by atoms with van der Waals surface area (Å²) in [5.41, 5.74) is -0.417. The lowest BCUT2D eigenvalue weighted by Crippen LogP contribution is -2.38. The number of nitrogens with zero attached hydrogens (tertiary/aromatic N) is 2. The van der Waals surface area contributed by atoms with Crippen molar-refractivity contribution in [1.29, 1.82) is 0 Å². The molecule has 2 aromatic heterocycles. The molecule has 1 atom stereocenters. The second-order valence-corrected chi connectivity index (χ2v) is 4.86. The van der Waals surface area contributed by atoms with Gasteiger partial charge in [-0.25, -0.2) is 9.89 Å². The van der Waals surface area contributed by atoms with Crippen LogP contribution in [0.15, 0.2) is 27.6 Å². The highest BCUT2D eigenvalue weighted by Crippen LogP contribution is 2.20. The largest absolute Gasteiger partial charge is 0.468 e. The fraction of sp³-hybridized carbons (Fsp3) is 0.500. The van der Waals surface area contributed by atoms with Gasteiger partial charge in [-0.1, -0.05) is 13.8 Å². The molecule has 22 heavy (non-hydrogen) atoms. The molecule has 0 fully saturated rings. The molecular weight excluding hydrogens is 286 g/mol. The zero-order chi connectivity index (χ0) is 15.9. The van der Waals surface area contributed by atoms with Crippen molar-refractivity contribution in [3.8, 4) is 0 Å². The third kappa shape index (κ3) is 4.08. The normalized spacial score (nSPS) is 12.5. The molecule has 8 nitrogen and oxygen atoms in total. The van der Waals surface area contributed by atoms with Gasteiger partial charge in [0, 0.05) is 6.54 Å². The molecule has 0 aliphatic carbocycles. The molecule has 0 saturated carbocycles. The minimum atomic E-state index is -0.417. The molecule has 0 aromatic carbocycles. The van der Waals surface area contributed by atoms with E-state index in [1.165, 1.54) is 0 Å². The van der Waals surface area contributed by atoms with Crippen molar-refractivity contribution >= 4 is 5.91 Å². The Hall–Kier alpha value is -2.35. The van der Waals surface area contributed by atoms with Crippen LogP contribution in [0.25, 0.3) is 0 Å². The second-order valence-electron chi connectivity index (χ2n) is 4.86. The number of likely N-dealkylation sites (N-methyl/N-ethyl adjacent to an activating group) is 1. The third-order valence-electron chi connectivity index (χ3n) is 3.50. The minimum Gasteiger partial charge on any atom is -0.468 e. The molecular formula is C14H21N5O3. The third-order valence-corrected chi connectivity index (χ3v) is 3.50. The fourth-order valence-electron chi connectivity index (χ4n) is 2.37. The van der Waals surface area contributed by atoms with Gasteiger partial charge in [-0.05, 0) is 25.2 Å². The van der Waals surface area contributed by atoms with Crippen LogP contribution in [0.3, 0.4) is 0 Å². The van der Waals surface area contributed by atoms with Gasteiger partial charge < -0.3 is 9.73 Å². The van der Waals surface area contributed by atoms with Gasteiger partial charge in [-0.3, -0.25) is 14.7 Å². The van der Waals surface area contributed by atoms with Gasteiger partial charge in [0.2, 0.25) is 5.91 Å². The zero-order valence-corrected chi connectivity index (χ0v) is 12.8. The van der Waals surface area contributed by atoms with E-state index in [0.29, 0.717) is 12.4 Å². The summed E-state index contributed by atoms with van der Waals surface area (Å²) < 4.78 is 5.48. The van der Waals surface area contributed by atoms with Crippen LogP contribution in [0.4, 0.5) is 0 Å². The summed E-state index contributed by atoms with van der Waals surface area (Å²) in [4.78, 5) is 27.6. The number of nitrogens with one attached hydrogen (secondary N) is 3. The van der Waals surface area contributed by atoms with E-state index in [1.54, 1.807) is 6.26 Å². The first-order valence-electron chi connectivity index (χ1n) is 7.31. The van der Waals surface area contributed by atoms with Crippen molar-refractivity contribution < 1.29 is 9.21 Å². The van der Waals surface area contributed by atoms with Gasteiger partial charge in [0.25, 0.3) is 0 Å². The van der Waals surface area contributed by atoms with Crippen molar-refractivity contribution in [3.05, 3.63) is 40.5 Å². The minimum absolute atomic E-state index is 0.0211. The van der Waals surface area contributed by atoms with Crippen molar-refractivity contribution in [2.45, 2.75) is 26.3 Å². The zero-order valence-electron chi connectivity index (χ0n) is 12.8.